The number of rotatable bonds is 5. The molecule has 2 aliphatic carbocycles. The average molecular weight is 493 g/mol. The molecule has 0 radical (unpaired) electrons. The molecular weight excluding hydrogens is 459 g/mol. The van der Waals surface area contributed by atoms with Crippen molar-refractivity contribution in [3.63, 3.8) is 0 Å². The van der Waals surface area contributed by atoms with Gasteiger partial charge in [0.25, 0.3) is 0 Å². The molecule has 1 aromatic carbocycles. The summed E-state index contributed by atoms with van der Waals surface area (Å²) in [4.78, 5) is 29.2. The van der Waals surface area contributed by atoms with E-state index in [1.165, 1.54) is 12.1 Å². The zero-order chi connectivity index (χ0) is 25.2. The molecule has 1 aliphatic heterocycles. The minimum atomic E-state index is -0.368. The largest absolute Gasteiger partial charge is 0.462 e. The number of benzene rings is 1. The number of carbonyl (C=O) groups excluding carboxylic acids is 2. The highest BCUT2D eigenvalue weighted by atomic mass is 19.1. The zero-order valence-corrected chi connectivity index (χ0v) is 20.7. The van der Waals surface area contributed by atoms with Crippen molar-refractivity contribution in [1.82, 2.24) is 10.3 Å². The van der Waals surface area contributed by atoms with E-state index in [-0.39, 0.29) is 47.8 Å². The molecule has 1 saturated heterocycles. The number of fused-ring (bicyclic) bond motifs is 2. The number of nitrogens with one attached hydrogen (secondary N) is 1. The minimum absolute atomic E-state index is 0.0679. The van der Waals surface area contributed by atoms with E-state index in [1.807, 2.05) is 31.2 Å². The molecule has 0 spiro atoms. The van der Waals surface area contributed by atoms with Gasteiger partial charge in [0.15, 0.2) is 0 Å². The van der Waals surface area contributed by atoms with Crippen LogP contribution in [0.1, 0.15) is 45.2 Å². The van der Waals surface area contributed by atoms with Gasteiger partial charge in [-0.1, -0.05) is 24.3 Å². The molecule has 190 valence electrons. The van der Waals surface area contributed by atoms with Crippen LogP contribution in [0.5, 0.6) is 0 Å². The molecule has 2 saturated carbocycles. The third kappa shape index (κ3) is 5.01. The molecule has 0 unspecified atom stereocenters. The number of amides is 1. The van der Waals surface area contributed by atoms with Crippen LogP contribution in [0.25, 0.3) is 17.2 Å². The summed E-state index contributed by atoms with van der Waals surface area (Å²) in [5, 5.41) is 3.00. The summed E-state index contributed by atoms with van der Waals surface area (Å²) in [5.41, 5.74) is 2.48. The van der Waals surface area contributed by atoms with Crippen LogP contribution in [0, 0.1) is 35.4 Å². The summed E-state index contributed by atoms with van der Waals surface area (Å²) in [6, 6.07) is 10.4. The van der Waals surface area contributed by atoms with Crippen LogP contribution >= 0.6 is 0 Å². The molecule has 1 amide bonds. The van der Waals surface area contributed by atoms with Gasteiger partial charge in [0.1, 0.15) is 11.9 Å². The molecule has 3 aliphatic rings. The molecule has 2 aromatic rings. The summed E-state index contributed by atoms with van der Waals surface area (Å²) in [6.07, 6.45) is 9.07. The molecule has 0 bridgehead atoms. The standard InChI is InChI=1S/C29H33FN2O4/c1-3-35-29(34)32-23-10-11-24-20(14-23)15-26-27(17(2)36-28(26)33)25(24)12-9-22-8-7-19(16-31-22)18-5-4-6-21(30)13-18/h4-9,12-13,16-17,20,23-27H,3,10-11,14-15H2,1-2H3,(H,32,34)/t17-,20+,23-,24-,25+,26-,27+/m0/s1. The quantitative estimate of drug-likeness (QED) is 0.548. The van der Waals surface area contributed by atoms with Gasteiger partial charge in [-0.25, -0.2) is 9.18 Å². The van der Waals surface area contributed by atoms with E-state index < -0.39 is 0 Å². The number of alkyl carbamates (subject to hydrolysis) is 1. The fraction of sp³-hybridized carbons (Fsp3) is 0.483. The topological polar surface area (TPSA) is 77.5 Å². The van der Waals surface area contributed by atoms with Crippen molar-refractivity contribution in [3.8, 4) is 11.1 Å². The van der Waals surface area contributed by atoms with Gasteiger partial charge in [0, 0.05) is 23.7 Å². The fourth-order valence-corrected chi connectivity index (χ4v) is 6.64. The van der Waals surface area contributed by atoms with Gasteiger partial charge in [-0.2, -0.15) is 0 Å². The van der Waals surface area contributed by atoms with Crippen molar-refractivity contribution in [2.24, 2.45) is 29.6 Å². The lowest BCUT2D eigenvalue weighted by Crippen LogP contribution is -2.48. The van der Waals surface area contributed by atoms with Crippen LogP contribution in [0.3, 0.4) is 0 Å². The van der Waals surface area contributed by atoms with Gasteiger partial charge in [-0.3, -0.25) is 9.78 Å². The number of pyridine rings is 1. The molecule has 36 heavy (non-hydrogen) atoms. The molecule has 7 heteroatoms. The molecule has 5 rings (SSSR count). The first kappa shape index (κ1) is 24.5. The van der Waals surface area contributed by atoms with E-state index in [9.17, 15) is 14.0 Å². The number of halogens is 1. The number of ether oxygens (including phenoxy) is 2. The van der Waals surface area contributed by atoms with Crippen LogP contribution in [-0.4, -0.2) is 35.8 Å². The first-order chi connectivity index (χ1) is 17.4. The highest BCUT2D eigenvalue weighted by molar-refractivity contribution is 5.75. The van der Waals surface area contributed by atoms with Crippen molar-refractivity contribution in [3.05, 3.63) is 60.2 Å². The summed E-state index contributed by atoms with van der Waals surface area (Å²) >= 11 is 0. The number of hydrogen-bond donors (Lipinski definition) is 1. The Kier molecular flexibility index (Phi) is 7.08. The Hall–Kier alpha value is -3.22. The van der Waals surface area contributed by atoms with E-state index in [1.54, 1.807) is 19.2 Å². The van der Waals surface area contributed by atoms with Crippen LogP contribution in [0.2, 0.25) is 0 Å². The van der Waals surface area contributed by atoms with Crippen LogP contribution in [-0.2, 0) is 14.3 Å². The minimum Gasteiger partial charge on any atom is -0.462 e. The maximum Gasteiger partial charge on any atom is 0.407 e. The SMILES string of the molecule is CCOC(=O)N[C@H]1CC[C@H]2[C@H](C1)C[C@@H]1C(=O)O[C@@H](C)[C@@H]1[C@@H]2C=Cc1ccc(-c2cccc(F)c2)cn1. The van der Waals surface area contributed by atoms with Gasteiger partial charge in [0.2, 0.25) is 0 Å². The van der Waals surface area contributed by atoms with Crippen molar-refractivity contribution < 1.29 is 23.5 Å². The highest BCUT2D eigenvalue weighted by Gasteiger charge is 2.54. The predicted octanol–water partition coefficient (Wildman–Crippen LogP) is 5.63. The lowest BCUT2D eigenvalue weighted by molar-refractivity contribution is -0.144. The second-order valence-electron chi connectivity index (χ2n) is 10.3. The summed E-state index contributed by atoms with van der Waals surface area (Å²) in [6.45, 7) is 4.15. The first-order valence-electron chi connectivity index (χ1n) is 13.0. The van der Waals surface area contributed by atoms with Gasteiger partial charge in [-0.15, -0.1) is 0 Å². The number of nitrogens with zero attached hydrogens (tertiary/aromatic N) is 1. The molecular formula is C29H33FN2O4. The molecule has 3 fully saturated rings. The smallest absolute Gasteiger partial charge is 0.407 e. The summed E-state index contributed by atoms with van der Waals surface area (Å²) < 4.78 is 24.3. The molecule has 1 N–H and O–H groups in total. The monoisotopic (exact) mass is 492 g/mol. The lowest BCUT2D eigenvalue weighted by Gasteiger charge is -2.47. The Balaban J connectivity index is 1.34. The van der Waals surface area contributed by atoms with E-state index in [0.717, 1.165) is 42.5 Å². The van der Waals surface area contributed by atoms with Crippen LogP contribution < -0.4 is 5.32 Å². The predicted molar refractivity (Wildman–Crippen MR) is 134 cm³/mol. The lowest BCUT2D eigenvalue weighted by atomic mass is 9.57. The van der Waals surface area contributed by atoms with E-state index in [2.05, 4.69) is 16.4 Å². The maximum absolute atomic E-state index is 13.6. The van der Waals surface area contributed by atoms with Crippen LogP contribution in [0.4, 0.5) is 9.18 Å². The number of carbonyl (C=O) groups is 2. The number of esters is 1. The highest BCUT2D eigenvalue weighted by Crippen LogP contribution is 2.53. The number of allylic oxidation sites excluding steroid dienone is 1. The van der Waals surface area contributed by atoms with E-state index in [0.29, 0.717) is 18.4 Å². The van der Waals surface area contributed by atoms with Crippen molar-refractivity contribution >= 4 is 18.1 Å². The van der Waals surface area contributed by atoms with E-state index in [4.69, 9.17) is 9.47 Å². The molecule has 7 atom stereocenters. The van der Waals surface area contributed by atoms with Gasteiger partial charge in [-0.05, 0) is 87.1 Å². The third-order valence-electron chi connectivity index (χ3n) is 8.18. The molecule has 1 aromatic heterocycles. The number of aromatic nitrogens is 1. The Morgan fingerprint density at radius 1 is 1.22 bits per heavy atom. The normalized spacial score (nSPS) is 31.4. The first-order valence-corrected chi connectivity index (χ1v) is 13.0. The average Bonchev–Trinajstić information content (AvgIpc) is 3.15. The Morgan fingerprint density at radius 3 is 2.83 bits per heavy atom. The second-order valence-corrected chi connectivity index (χ2v) is 10.3. The molecule has 6 nitrogen and oxygen atoms in total. The molecule has 2 heterocycles. The fourth-order valence-electron chi connectivity index (χ4n) is 6.64. The maximum atomic E-state index is 13.6. The van der Waals surface area contributed by atoms with Gasteiger partial charge in [0.05, 0.1) is 18.2 Å². The van der Waals surface area contributed by atoms with Crippen molar-refractivity contribution in [2.75, 3.05) is 6.61 Å². The Bertz CT molecular complexity index is 1130. The zero-order valence-electron chi connectivity index (χ0n) is 20.7. The number of cyclic esters (lactones) is 1. The van der Waals surface area contributed by atoms with Crippen LogP contribution in [0.15, 0.2) is 48.7 Å². The van der Waals surface area contributed by atoms with Gasteiger partial charge < -0.3 is 14.8 Å². The number of hydrogen-bond acceptors (Lipinski definition) is 5. The summed E-state index contributed by atoms with van der Waals surface area (Å²) in [5.74, 6) is 0.629. The van der Waals surface area contributed by atoms with Crippen molar-refractivity contribution in [1.29, 1.82) is 0 Å². The van der Waals surface area contributed by atoms with Gasteiger partial charge >= 0.3 is 12.1 Å². The van der Waals surface area contributed by atoms with E-state index >= 15 is 0 Å². The summed E-state index contributed by atoms with van der Waals surface area (Å²) in [7, 11) is 0. The second kappa shape index (κ2) is 10.4. The Morgan fingerprint density at radius 2 is 2.08 bits per heavy atom. The van der Waals surface area contributed by atoms with Crippen molar-refractivity contribution in [2.45, 2.75) is 51.7 Å². The Labute approximate surface area is 211 Å². The third-order valence-corrected chi connectivity index (χ3v) is 8.18.